The van der Waals surface area contributed by atoms with Crippen LogP contribution in [-0.2, 0) is 5.11 Å². The molecule has 0 spiro atoms. The van der Waals surface area contributed by atoms with Gasteiger partial charge in [0.1, 0.15) is 5.44 Å². The van der Waals surface area contributed by atoms with Gasteiger partial charge in [-0.1, -0.05) is 32.6 Å². The van der Waals surface area contributed by atoms with Gasteiger partial charge in [-0.3, -0.25) is 0 Å². The second-order valence-electron chi connectivity index (χ2n) is 3.61. The van der Waals surface area contributed by atoms with Crippen molar-refractivity contribution in [2.24, 2.45) is 0 Å². The molecule has 0 aliphatic heterocycles. The largest absolute Gasteiger partial charge is 0.221 e. The third-order valence-corrected chi connectivity index (χ3v) is 3.82. The van der Waals surface area contributed by atoms with Gasteiger partial charge in [0.15, 0.2) is 0 Å². The molecule has 0 heterocycles. The first-order chi connectivity index (χ1) is 5.83. The van der Waals surface area contributed by atoms with Gasteiger partial charge in [0.25, 0.3) is 0 Å². The molecule has 0 aromatic heterocycles. The summed E-state index contributed by atoms with van der Waals surface area (Å²) in [5.41, 5.74) is -0.349. The third-order valence-electron chi connectivity index (χ3n) is 2.42. The van der Waals surface area contributed by atoms with E-state index in [1.807, 2.05) is 0 Å². The predicted octanol–water partition coefficient (Wildman–Crippen LogP) is 3.61. The Bertz CT molecular complexity index is 110. The van der Waals surface area contributed by atoms with Crippen LogP contribution < -0.4 is 0 Å². The Morgan fingerprint density at radius 3 is 2.58 bits per heavy atom. The zero-order valence-corrected chi connectivity index (χ0v) is 8.74. The third kappa shape index (κ3) is 3.81. The maximum atomic E-state index is 11.4. The van der Waals surface area contributed by atoms with E-state index in [2.05, 4.69) is 6.92 Å². The molecule has 1 saturated carbocycles. The molecule has 1 fully saturated rings. The Morgan fingerprint density at radius 1 is 1.33 bits per heavy atom. The number of hydrogen-bond donors (Lipinski definition) is 0. The SMILES string of the molecule is CCCC([O])SC1CCCCC1. The molecule has 1 rings (SSSR count). The molecule has 2 heteroatoms. The Kier molecular flexibility index (Phi) is 5.08. The van der Waals surface area contributed by atoms with Crippen LogP contribution in [0.2, 0.25) is 0 Å². The standard InChI is InChI=1S/C10H19OS/c1-2-6-10(11)12-9-7-4-3-5-8-9/h9-10H,2-8H2,1H3. The average Bonchev–Trinajstić information content (AvgIpc) is 2.06. The lowest BCUT2D eigenvalue weighted by Crippen LogP contribution is -2.12. The fraction of sp³-hybridized carbons (Fsp3) is 1.00. The summed E-state index contributed by atoms with van der Waals surface area (Å²) in [6, 6.07) is 0. The quantitative estimate of drug-likeness (QED) is 0.615. The lowest BCUT2D eigenvalue weighted by Gasteiger charge is -2.22. The lowest BCUT2D eigenvalue weighted by atomic mass is 10.0. The van der Waals surface area contributed by atoms with Crippen molar-refractivity contribution in [1.29, 1.82) is 0 Å². The Hall–Kier alpha value is 0.310. The van der Waals surface area contributed by atoms with Gasteiger partial charge in [-0.05, 0) is 19.3 Å². The van der Waals surface area contributed by atoms with E-state index in [1.54, 1.807) is 11.8 Å². The van der Waals surface area contributed by atoms with Crippen LogP contribution in [0.1, 0.15) is 51.9 Å². The highest BCUT2D eigenvalue weighted by Crippen LogP contribution is 2.31. The zero-order chi connectivity index (χ0) is 8.81. The van der Waals surface area contributed by atoms with Gasteiger partial charge in [0.05, 0.1) is 0 Å². The Labute approximate surface area is 79.9 Å². The van der Waals surface area contributed by atoms with Gasteiger partial charge in [0.2, 0.25) is 0 Å². The molecule has 0 aromatic rings. The van der Waals surface area contributed by atoms with E-state index in [1.165, 1.54) is 32.1 Å². The van der Waals surface area contributed by atoms with Gasteiger partial charge >= 0.3 is 0 Å². The summed E-state index contributed by atoms with van der Waals surface area (Å²) in [6.45, 7) is 2.09. The van der Waals surface area contributed by atoms with Crippen molar-refractivity contribution in [2.75, 3.05) is 0 Å². The first kappa shape index (κ1) is 10.4. The summed E-state index contributed by atoms with van der Waals surface area (Å²) in [5.74, 6) is 0. The van der Waals surface area contributed by atoms with Gasteiger partial charge in [-0.25, -0.2) is 5.11 Å². The minimum Gasteiger partial charge on any atom is -0.221 e. The van der Waals surface area contributed by atoms with Crippen molar-refractivity contribution in [3.05, 3.63) is 0 Å². The van der Waals surface area contributed by atoms with E-state index in [0.29, 0.717) is 5.25 Å². The smallest absolute Gasteiger partial charge is 0.139 e. The lowest BCUT2D eigenvalue weighted by molar-refractivity contribution is 0.155. The highest BCUT2D eigenvalue weighted by Gasteiger charge is 2.17. The molecule has 1 nitrogen and oxygen atoms in total. The highest BCUT2D eigenvalue weighted by molar-refractivity contribution is 8.00. The number of rotatable bonds is 4. The van der Waals surface area contributed by atoms with Gasteiger partial charge < -0.3 is 0 Å². The van der Waals surface area contributed by atoms with Crippen LogP contribution in [0.4, 0.5) is 0 Å². The first-order valence-corrected chi connectivity index (χ1v) is 6.08. The molecule has 0 amide bonds. The van der Waals surface area contributed by atoms with Crippen LogP contribution in [0.5, 0.6) is 0 Å². The van der Waals surface area contributed by atoms with Crippen molar-refractivity contribution in [2.45, 2.75) is 62.6 Å². The van der Waals surface area contributed by atoms with E-state index in [4.69, 9.17) is 0 Å². The van der Waals surface area contributed by atoms with Gasteiger partial charge in [0, 0.05) is 5.25 Å². The van der Waals surface area contributed by atoms with Gasteiger partial charge in [-0.2, -0.15) is 0 Å². The van der Waals surface area contributed by atoms with Crippen LogP contribution in [0.25, 0.3) is 0 Å². The molecule has 12 heavy (non-hydrogen) atoms. The van der Waals surface area contributed by atoms with Crippen molar-refractivity contribution in [3.8, 4) is 0 Å². The molecular weight excluding hydrogens is 168 g/mol. The molecule has 1 aliphatic rings. The first-order valence-electron chi connectivity index (χ1n) is 5.14. The summed E-state index contributed by atoms with van der Waals surface area (Å²) in [4.78, 5) is 0. The Morgan fingerprint density at radius 2 is 2.00 bits per heavy atom. The average molecular weight is 187 g/mol. The number of hydrogen-bond acceptors (Lipinski definition) is 1. The topological polar surface area (TPSA) is 19.9 Å². The van der Waals surface area contributed by atoms with Crippen LogP contribution >= 0.6 is 11.8 Å². The van der Waals surface area contributed by atoms with Crippen molar-refractivity contribution in [3.63, 3.8) is 0 Å². The highest BCUT2D eigenvalue weighted by atomic mass is 32.2. The zero-order valence-electron chi connectivity index (χ0n) is 7.92. The molecule has 1 atom stereocenters. The fourth-order valence-electron chi connectivity index (χ4n) is 1.72. The summed E-state index contributed by atoms with van der Waals surface area (Å²) in [6.07, 6.45) is 8.52. The normalized spacial score (nSPS) is 22.5. The van der Waals surface area contributed by atoms with Crippen LogP contribution in [0.3, 0.4) is 0 Å². The maximum absolute atomic E-state index is 11.4. The second-order valence-corrected chi connectivity index (χ2v) is 5.08. The maximum Gasteiger partial charge on any atom is 0.139 e. The van der Waals surface area contributed by atoms with E-state index in [0.717, 1.165) is 12.8 Å². The second kappa shape index (κ2) is 5.87. The van der Waals surface area contributed by atoms with Gasteiger partial charge in [-0.15, -0.1) is 11.8 Å². The molecule has 1 radical (unpaired) electrons. The number of thioether (sulfide) groups is 1. The summed E-state index contributed by atoms with van der Waals surface area (Å²) < 4.78 is 0. The van der Waals surface area contributed by atoms with Crippen LogP contribution in [-0.4, -0.2) is 10.7 Å². The molecule has 0 saturated heterocycles. The molecule has 0 aromatic carbocycles. The van der Waals surface area contributed by atoms with Crippen LogP contribution in [0.15, 0.2) is 0 Å². The molecular formula is C10H19OS. The molecule has 0 bridgehead atoms. The van der Waals surface area contributed by atoms with Crippen molar-refractivity contribution < 1.29 is 5.11 Å². The summed E-state index contributed by atoms with van der Waals surface area (Å²) >= 11 is 1.69. The fourth-order valence-corrected chi connectivity index (χ4v) is 3.13. The van der Waals surface area contributed by atoms with Crippen molar-refractivity contribution in [1.82, 2.24) is 0 Å². The monoisotopic (exact) mass is 187 g/mol. The van der Waals surface area contributed by atoms with Crippen molar-refractivity contribution >= 4 is 11.8 Å². The van der Waals surface area contributed by atoms with E-state index in [-0.39, 0.29) is 5.44 Å². The summed E-state index contributed by atoms with van der Waals surface area (Å²) in [5, 5.41) is 12.0. The summed E-state index contributed by atoms with van der Waals surface area (Å²) in [7, 11) is 0. The Balaban J connectivity index is 2.11. The van der Waals surface area contributed by atoms with Crippen LogP contribution in [0, 0.1) is 0 Å². The molecule has 1 aliphatic carbocycles. The van der Waals surface area contributed by atoms with E-state index < -0.39 is 0 Å². The van der Waals surface area contributed by atoms with E-state index in [9.17, 15) is 5.11 Å². The molecule has 71 valence electrons. The molecule has 0 N–H and O–H groups in total. The minimum absolute atomic E-state index is 0.349. The molecule has 1 unspecified atom stereocenters. The minimum atomic E-state index is -0.349. The van der Waals surface area contributed by atoms with E-state index >= 15 is 0 Å². The predicted molar refractivity (Wildman–Crippen MR) is 53.8 cm³/mol.